The zero-order valence-corrected chi connectivity index (χ0v) is 17.9. The number of methoxy groups -OCH3 is 1. The summed E-state index contributed by atoms with van der Waals surface area (Å²) < 4.78 is 23.7. The van der Waals surface area contributed by atoms with E-state index in [4.69, 9.17) is 4.74 Å². The first-order valence-corrected chi connectivity index (χ1v) is 9.92. The average Bonchev–Trinajstić information content (AvgIpc) is 3.08. The Labute approximate surface area is 179 Å². The van der Waals surface area contributed by atoms with E-state index in [2.05, 4.69) is 20.9 Å². The van der Waals surface area contributed by atoms with Gasteiger partial charge in [-0.05, 0) is 39.7 Å². The van der Waals surface area contributed by atoms with Crippen LogP contribution in [0.4, 0.5) is 4.39 Å². The summed E-state index contributed by atoms with van der Waals surface area (Å²) >= 11 is 3.39. The fraction of sp³-hybridized carbons (Fsp3) is 0.190. The van der Waals surface area contributed by atoms with Crippen LogP contribution in [0.1, 0.15) is 11.1 Å². The summed E-state index contributed by atoms with van der Waals surface area (Å²) in [7, 11) is 3.13. The van der Waals surface area contributed by atoms with Gasteiger partial charge < -0.3 is 9.30 Å². The standard InChI is InChI=1S/C21H18BrFN4O3/c1-25-18-17(19(28)27(21(25)29)12-14-5-3-4-6-16(14)23)26(20(22)24-18)11-13-7-9-15(30-2)10-8-13/h3-10H,11-12H2,1-2H3. The van der Waals surface area contributed by atoms with Crippen LogP contribution < -0.4 is 16.0 Å². The van der Waals surface area contributed by atoms with Crippen molar-refractivity contribution >= 4 is 27.1 Å². The highest BCUT2D eigenvalue weighted by molar-refractivity contribution is 9.10. The van der Waals surface area contributed by atoms with Gasteiger partial charge in [-0.25, -0.2) is 14.2 Å². The molecule has 0 bridgehead atoms. The van der Waals surface area contributed by atoms with Crippen molar-refractivity contribution in [1.29, 1.82) is 0 Å². The number of hydrogen-bond acceptors (Lipinski definition) is 4. The molecule has 0 spiro atoms. The number of imidazole rings is 1. The molecular formula is C21H18BrFN4O3. The molecular weight excluding hydrogens is 455 g/mol. The number of nitrogens with zero attached hydrogens (tertiary/aromatic N) is 4. The second-order valence-electron chi connectivity index (χ2n) is 6.81. The van der Waals surface area contributed by atoms with Crippen LogP contribution in [0.5, 0.6) is 5.75 Å². The highest BCUT2D eigenvalue weighted by Gasteiger charge is 2.20. The van der Waals surface area contributed by atoms with Gasteiger partial charge in [0.15, 0.2) is 15.9 Å². The lowest BCUT2D eigenvalue weighted by molar-refractivity contribution is 0.414. The summed E-state index contributed by atoms with van der Waals surface area (Å²) in [6.07, 6.45) is 0. The van der Waals surface area contributed by atoms with Crippen molar-refractivity contribution < 1.29 is 9.13 Å². The Morgan fingerprint density at radius 1 is 1.03 bits per heavy atom. The van der Waals surface area contributed by atoms with E-state index in [9.17, 15) is 14.0 Å². The Balaban J connectivity index is 1.87. The third-order valence-electron chi connectivity index (χ3n) is 4.97. The molecule has 0 aliphatic heterocycles. The fourth-order valence-electron chi connectivity index (χ4n) is 3.34. The molecule has 30 heavy (non-hydrogen) atoms. The maximum Gasteiger partial charge on any atom is 0.332 e. The van der Waals surface area contributed by atoms with Gasteiger partial charge in [-0.1, -0.05) is 30.3 Å². The first-order valence-electron chi connectivity index (χ1n) is 9.12. The Kier molecular flexibility index (Phi) is 5.29. The number of rotatable bonds is 5. The molecule has 0 unspecified atom stereocenters. The van der Waals surface area contributed by atoms with Crippen LogP contribution in [0.25, 0.3) is 11.2 Å². The molecule has 2 aromatic heterocycles. The predicted octanol–water partition coefficient (Wildman–Crippen LogP) is 2.90. The molecule has 7 nitrogen and oxygen atoms in total. The summed E-state index contributed by atoms with van der Waals surface area (Å²) in [6, 6.07) is 13.5. The molecule has 0 saturated carbocycles. The van der Waals surface area contributed by atoms with Crippen LogP contribution in [0.15, 0.2) is 62.9 Å². The van der Waals surface area contributed by atoms with E-state index in [1.165, 1.54) is 10.6 Å². The van der Waals surface area contributed by atoms with E-state index < -0.39 is 17.1 Å². The van der Waals surface area contributed by atoms with Crippen molar-refractivity contribution in [3.05, 3.63) is 91.0 Å². The van der Waals surface area contributed by atoms with Crippen molar-refractivity contribution in [3.8, 4) is 5.75 Å². The molecule has 0 aliphatic carbocycles. The third kappa shape index (κ3) is 3.45. The van der Waals surface area contributed by atoms with Crippen LogP contribution in [0.2, 0.25) is 0 Å². The van der Waals surface area contributed by atoms with Gasteiger partial charge in [-0.15, -0.1) is 0 Å². The van der Waals surface area contributed by atoms with Gasteiger partial charge in [0.05, 0.1) is 20.2 Å². The lowest BCUT2D eigenvalue weighted by Gasteiger charge is -2.11. The lowest BCUT2D eigenvalue weighted by atomic mass is 10.2. The van der Waals surface area contributed by atoms with Gasteiger partial charge >= 0.3 is 5.69 Å². The van der Waals surface area contributed by atoms with Gasteiger partial charge in [0.1, 0.15) is 11.6 Å². The molecule has 0 aliphatic rings. The fourth-order valence-corrected chi connectivity index (χ4v) is 3.81. The molecule has 9 heteroatoms. The Bertz CT molecular complexity index is 1360. The summed E-state index contributed by atoms with van der Waals surface area (Å²) in [5.41, 5.74) is 0.618. The van der Waals surface area contributed by atoms with E-state index in [1.807, 2.05) is 24.3 Å². The van der Waals surface area contributed by atoms with Crippen LogP contribution in [0, 0.1) is 5.82 Å². The molecule has 0 atom stereocenters. The van der Waals surface area contributed by atoms with E-state index in [0.29, 0.717) is 11.3 Å². The van der Waals surface area contributed by atoms with E-state index in [1.54, 1.807) is 36.9 Å². The molecule has 0 amide bonds. The second-order valence-corrected chi connectivity index (χ2v) is 7.52. The summed E-state index contributed by atoms with van der Waals surface area (Å²) in [5, 5.41) is 0. The summed E-state index contributed by atoms with van der Waals surface area (Å²) in [4.78, 5) is 30.4. The molecule has 2 heterocycles. The van der Waals surface area contributed by atoms with Crippen LogP contribution in [-0.2, 0) is 20.1 Å². The minimum atomic E-state index is -0.558. The van der Waals surface area contributed by atoms with Crippen molar-refractivity contribution in [2.75, 3.05) is 7.11 Å². The zero-order valence-electron chi connectivity index (χ0n) is 16.3. The first kappa shape index (κ1) is 20.1. The molecule has 0 fully saturated rings. The molecule has 0 saturated heterocycles. The topological polar surface area (TPSA) is 71.1 Å². The molecule has 0 radical (unpaired) electrons. The van der Waals surface area contributed by atoms with Crippen molar-refractivity contribution in [2.24, 2.45) is 7.05 Å². The van der Waals surface area contributed by atoms with E-state index in [-0.39, 0.29) is 23.3 Å². The quantitative estimate of drug-likeness (QED) is 0.418. The van der Waals surface area contributed by atoms with Crippen molar-refractivity contribution in [2.45, 2.75) is 13.1 Å². The summed E-state index contributed by atoms with van der Waals surface area (Å²) in [6.45, 7) is 0.188. The number of halogens is 2. The second kappa shape index (κ2) is 7.91. The Hall–Kier alpha value is -3.20. The average molecular weight is 473 g/mol. The van der Waals surface area contributed by atoms with Crippen LogP contribution in [-0.4, -0.2) is 25.8 Å². The van der Waals surface area contributed by atoms with Gasteiger partial charge in [-0.2, -0.15) is 0 Å². The monoisotopic (exact) mass is 472 g/mol. The van der Waals surface area contributed by atoms with Crippen molar-refractivity contribution in [3.63, 3.8) is 0 Å². The minimum absolute atomic E-state index is 0.167. The SMILES string of the molecule is COc1ccc(Cn2c(Br)nc3c2c(=O)n(Cc2ccccc2F)c(=O)n3C)cc1. The van der Waals surface area contributed by atoms with Gasteiger partial charge in [0, 0.05) is 12.6 Å². The number of benzene rings is 2. The molecule has 0 N–H and O–H groups in total. The highest BCUT2D eigenvalue weighted by Crippen LogP contribution is 2.20. The number of ether oxygens (including phenoxy) is 1. The Morgan fingerprint density at radius 3 is 2.40 bits per heavy atom. The number of aryl methyl sites for hydroxylation is 1. The summed E-state index contributed by atoms with van der Waals surface area (Å²) in [5.74, 6) is 0.252. The first-order chi connectivity index (χ1) is 14.4. The number of hydrogen-bond donors (Lipinski definition) is 0. The molecule has 2 aromatic carbocycles. The van der Waals surface area contributed by atoms with E-state index >= 15 is 0 Å². The van der Waals surface area contributed by atoms with Gasteiger partial charge in [0.25, 0.3) is 5.56 Å². The predicted molar refractivity (Wildman–Crippen MR) is 115 cm³/mol. The van der Waals surface area contributed by atoms with Crippen molar-refractivity contribution in [1.82, 2.24) is 18.7 Å². The normalized spacial score (nSPS) is 11.2. The lowest BCUT2D eigenvalue weighted by Crippen LogP contribution is -2.40. The molecule has 4 aromatic rings. The maximum absolute atomic E-state index is 14.1. The highest BCUT2D eigenvalue weighted by atomic mass is 79.9. The maximum atomic E-state index is 14.1. The van der Waals surface area contributed by atoms with E-state index in [0.717, 1.165) is 15.9 Å². The van der Waals surface area contributed by atoms with Crippen LogP contribution >= 0.6 is 15.9 Å². The number of aromatic nitrogens is 4. The minimum Gasteiger partial charge on any atom is -0.497 e. The molecule has 4 rings (SSSR count). The van der Waals surface area contributed by atoms with Gasteiger partial charge in [-0.3, -0.25) is 13.9 Å². The smallest absolute Gasteiger partial charge is 0.332 e. The largest absolute Gasteiger partial charge is 0.497 e. The number of fused-ring (bicyclic) bond motifs is 1. The van der Waals surface area contributed by atoms with Crippen LogP contribution in [0.3, 0.4) is 0 Å². The zero-order chi connectivity index (χ0) is 21.4. The third-order valence-corrected chi connectivity index (χ3v) is 5.58. The van der Waals surface area contributed by atoms with Gasteiger partial charge in [0.2, 0.25) is 0 Å². The molecule has 154 valence electrons. The Morgan fingerprint density at radius 2 is 1.73 bits per heavy atom.